The summed E-state index contributed by atoms with van der Waals surface area (Å²) in [6, 6.07) is 15.8. The molecule has 5 nitrogen and oxygen atoms in total. The van der Waals surface area contributed by atoms with E-state index in [0.717, 1.165) is 51.1 Å². The molecule has 0 unspecified atom stereocenters. The van der Waals surface area contributed by atoms with Crippen molar-refractivity contribution in [3.8, 4) is 0 Å². The van der Waals surface area contributed by atoms with Gasteiger partial charge < -0.3 is 10.1 Å². The van der Waals surface area contributed by atoms with E-state index in [0.29, 0.717) is 0 Å². The highest BCUT2D eigenvalue weighted by molar-refractivity contribution is 7.99. The Hall–Kier alpha value is -2.86. The van der Waals surface area contributed by atoms with Crippen LogP contribution in [0, 0.1) is 6.92 Å². The van der Waals surface area contributed by atoms with Gasteiger partial charge in [-0.3, -0.25) is 9.59 Å². The van der Waals surface area contributed by atoms with Crippen LogP contribution in [0.3, 0.4) is 0 Å². The molecule has 1 aromatic heterocycles. The highest BCUT2D eigenvalue weighted by Crippen LogP contribution is 2.24. The summed E-state index contributed by atoms with van der Waals surface area (Å²) in [4.78, 5) is 29.0. The fraction of sp³-hybridized carbons (Fsp3) is 0.292. The molecule has 0 bridgehead atoms. The zero-order valence-corrected chi connectivity index (χ0v) is 18.3. The summed E-state index contributed by atoms with van der Waals surface area (Å²) in [5.74, 6) is -0.671. The van der Waals surface area contributed by atoms with Gasteiger partial charge in [-0.2, -0.15) is 0 Å². The molecule has 30 heavy (non-hydrogen) atoms. The minimum Gasteiger partial charge on any atom is -0.455 e. The largest absolute Gasteiger partial charge is 0.455 e. The number of anilines is 1. The monoisotopic (exact) mass is 422 g/mol. The maximum atomic E-state index is 12.3. The number of nitrogens with one attached hydrogen (secondary N) is 1. The molecular weight excluding hydrogens is 396 g/mol. The van der Waals surface area contributed by atoms with Gasteiger partial charge in [0.15, 0.2) is 6.61 Å². The van der Waals surface area contributed by atoms with Crippen molar-refractivity contribution in [2.45, 2.75) is 38.6 Å². The maximum Gasteiger partial charge on any atom is 0.316 e. The number of para-hydroxylation sites is 2. The fourth-order valence-electron chi connectivity index (χ4n) is 3.29. The smallest absolute Gasteiger partial charge is 0.316 e. The minimum atomic E-state index is -0.442. The molecule has 2 aromatic carbocycles. The van der Waals surface area contributed by atoms with E-state index in [2.05, 4.69) is 10.3 Å². The van der Waals surface area contributed by atoms with Crippen LogP contribution in [0.25, 0.3) is 10.9 Å². The van der Waals surface area contributed by atoms with E-state index in [1.54, 1.807) is 0 Å². The second-order valence-electron chi connectivity index (χ2n) is 6.95. The third kappa shape index (κ3) is 5.39. The predicted molar refractivity (Wildman–Crippen MR) is 122 cm³/mol. The molecule has 3 rings (SSSR count). The summed E-state index contributed by atoms with van der Waals surface area (Å²) >= 11 is 1.31. The van der Waals surface area contributed by atoms with Gasteiger partial charge in [0.2, 0.25) is 0 Å². The Balaban J connectivity index is 1.53. The van der Waals surface area contributed by atoms with Crippen LogP contribution in [0.4, 0.5) is 5.69 Å². The van der Waals surface area contributed by atoms with E-state index in [4.69, 9.17) is 4.74 Å². The Bertz CT molecular complexity index is 1040. The number of fused-ring (bicyclic) bond motifs is 1. The molecule has 0 aliphatic rings. The number of ether oxygens (including phenoxy) is 1. The van der Waals surface area contributed by atoms with E-state index in [1.807, 2.05) is 69.3 Å². The lowest BCUT2D eigenvalue weighted by Gasteiger charge is -2.14. The molecule has 0 fully saturated rings. The van der Waals surface area contributed by atoms with Crippen molar-refractivity contribution in [2.24, 2.45) is 0 Å². The van der Waals surface area contributed by atoms with Crippen LogP contribution in [0.2, 0.25) is 0 Å². The zero-order valence-electron chi connectivity index (χ0n) is 17.5. The van der Waals surface area contributed by atoms with Crippen LogP contribution in [0.1, 0.15) is 30.5 Å². The van der Waals surface area contributed by atoms with Gasteiger partial charge in [-0.15, -0.1) is 0 Å². The number of aromatic nitrogens is 1. The molecule has 1 amide bonds. The first-order valence-corrected chi connectivity index (χ1v) is 11.1. The Morgan fingerprint density at radius 2 is 1.73 bits per heavy atom. The third-order valence-electron chi connectivity index (χ3n) is 4.86. The Morgan fingerprint density at radius 3 is 2.43 bits per heavy atom. The topological polar surface area (TPSA) is 68.3 Å². The number of nitrogens with zero attached hydrogens (tertiary/aromatic N) is 1. The second kappa shape index (κ2) is 10.3. The number of benzene rings is 2. The number of carbonyl (C=O) groups excluding carboxylic acids is 2. The number of aryl methyl sites for hydroxylation is 3. The van der Waals surface area contributed by atoms with Gasteiger partial charge >= 0.3 is 5.97 Å². The zero-order chi connectivity index (χ0) is 21.5. The Labute approximate surface area is 181 Å². The third-order valence-corrected chi connectivity index (χ3v) is 5.75. The predicted octanol–water partition coefficient (Wildman–Crippen LogP) is 4.94. The van der Waals surface area contributed by atoms with Gasteiger partial charge in [0.25, 0.3) is 5.91 Å². The van der Waals surface area contributed by atoms with Crippen LogP contribution in [-0.2, 0) is 27.2 Å². The van der Waals surface area contributed by atoms with Gasteiger partial charge in [-0.1, -0.05) is 62.0 Å². The number of esters is 1. The van der Waals surface area contributed by atoms with Crippen LogP contribution < -0.4 is 5.32 Å². The number of pyridine rings is 1. The molecule has 6 heteroatoms. The maximum absolute atomic E-state index is 12.3. The van der Waals surface area contributed by atoms with Crippen LogP contribution >= 0.6 is 11.8 Å². The number of rotatable bonds is 8. The number of amides is 1. The first-order valence-electron chi connectivity index (χ1n) is 10.1. The number of hydrogen-bond donors (Lipinski definition) is 1. The SMILES string of the molecule is CCc1cccc(CC)c1NC(=O)COC(=O)CSc1cc(C)c2ccccc2n1. The van der Waals surface area contributed by atoms with E-state index >= 15 is 0 Å². The van der Waals surface area contributed by atoms with Gasteiger partial charge in [0, 0.05) is 11.1 Å². The van der Waals surface area contributed by atoms with Crippen molar-refractivity contribution >= 4 is 40.2 Å². The van der Waals surface area contributed by atoms with Gasteiger partial charge in [-0.05, 0) is 48.6 Å². The molecule has 0 saturated heterocycles. The first kappa shape index (κ1) is 21.8. The van der Waals surface area contributed by atoms with E-state index in [-0.39, 0.29) is 18.3 Å². The van der Waals surface area contributed by atoms with Crippen molar-refractivity contribution < 1.29 is 14.3 Å². The molecule has 1 N–H and O–H groups in total. The quantitative estimate of drug-likeness (QED) is 0.411. The van der Waals surface area contributed by atoms with Crippen LogP contribution in [0.15, 0.2) is 53.6 Å². The normalized spacial score (nSPS) is 10.8. The molecule has 0 aliphatic heterocycles. The average Bonchev–Trinajstić information content (AvgIpc) is 2.76. The fourth-order valence-corrected chi connectivity index (χ4v) is 4.06. The number of carbonyl (C=O) groups is 2. The summed E-state index contributed by atoms with van der Waals surface area (Å²) in [5.41, 5.74) is 4.98. The summed E-state index contributed by atoms with van der Waals surface area (Å²) in [6.07, 6.45) is 1.64. The molecule has 0 aliphatic carbocycles. The van der Waals surface area contributed by atoms with E-state index < -0.39 is 5.97 Å². The van der Waals surface area contributed by atoms with Gasteiger partial charge in [0.1, 0.15) is 0 Å². The Kier molecular flexibility index (Phi) is 7.46. The van der Waals surface area contributed by atoms with Crippen molar-refractivity contribution in [3.63, 3.8) is 0 Å². The minimum absolute atomic E-state index is 0.101. The van der Waals surface area contributed by atoms with Gasteiger partial charge in [0.05, 0.1) is 16.3 Å². The lowest BCUT2D eigenvalue weighted by atomic mass is 10.0. The standard InChI is InChI=1S/C24H26N2O3S/c1-4-17-9-8-10-18(5-2)24(17)26-21(27)14-29-23(28)15-30-22-13-16(3)19-11-6-7-12-20(19)25-22/h6-13H,4-5,14-15H2,1-3H3,(H,26,27). The van der Waals surface area contributed by atoms with Crippen molar-refractivity contribution in [3.05, 3.63) is 65.2 Å². The molecular formula is C24H26N2O3S. The molecule has 0 atom stereocenters. The first-order chi connectivity index (χ1) is 14.5. The van der Waals surface area contributed by atoms with Crippen LogP contribution in [-0.4, -0.2) is 29.2 Å². The summed E-state index contributed by atoms with van der Waals surface area (Å²) in [7, 11) is 0. The second-order valence-corrected chi connectivity index (χ2v) is 7.95. The van der Waals surface area contributed by atoms with Gasteiger partial charge in [-0.25, -0.2) is 4.98 Å². The summed E-state index contributed by atoms with van der Waals surface area (Å²) in [5, 5.41) is 4.76. The average molecular weight is 423 g/mol. The summed E-state index contributed by atoms with van der Waals surface area (Å²) < 4.78 is 5.16. The van der Waals surface area contributed by atoms with Crippen molar-refractivity contribution in [1.82, 2.24) is 4.98 Å². The van der Waals surface area contributed by atoms with Crippen LogP contribution in [0.5, 0.6) is 0 Å². The summed E-state index contributed by atoms with van der Waals surface area (Å²) in [6.45, 7) is 5.81. The lowest BCUT2D eigenvalue weighted by Crippen LogP contribution is -2.23. The molecule has 0 radical (unpaired) electrons. The highest BCUT2D eigenvalue weighted by Gasteiger charge is 2.13. The molecule has 0 saturated carbocycles. The van der Waals surface area contributed by atoms with E-state index in [1.165, 1.54) is 11.8 Å². The molecule has 156 valence electrons. The molecule has 0 spiro atoms. The van der Waals surface area contributed by atoms with Crippen molar-refractivity contribution in [2.75, 3.05) is 17.7 Å². The number of hydrogen-bond acceptors (Lipinski definition) is 5. The highest BCUT2D eigenvalue weighted by atomic mass is 32.2. The van der Waals surface area contributed by atoms with Crippen molar-refractivity contribution in [1.29, 1.82) is 0 Å². The lowest BCUT2D eigenvalue weighted by molar-refractivity contribution is -0.144. The Morgan fingerprint density at radius 1 is 1.03 bits per heavy atom. The van der Waals surface area contributed by atoms with E-state index in [9.17, 15) is 9.59 Å². The molecule has 3 aromatic rings. The number of thioether (sulfide) groups is 1. The molecule has 1 heterocycles.